The third kappa shape index (κ3) is 2.51. The van der Waals surface area contributed by atoms with E-state index in [4.69, 9.17) is 5.11 Å². The monoisotopic (exact) mass is 327 g/mol. The standard InChI is InChI=1S/C12H11BrFN3O2/c1-6(2)11-10(12(18)19)15-16-17(11)7-3-4-8(13)9(14)5-7/h3-6H,1-2H3,(H,18,19). The van der Waals surface area contributed by atoms with E-state index in [0.717, 1.165) is 0 Å². The van der Waals surface area contributed by atoms with Crippen molar-refractivity contribution in [3.8, 4) is 5.69 Å². The SMILES string of the molecule is CC(C)c1c(C(=O)O)nnn1-c1ccc(Br)c(F)c1. The molecule has 7 heteroatoms. The van der Waals surface area contributed by atoms with E-state index in [2.05, 4.69) is 26.2 Å². The number of aromatic nitrogens is 3. The molecular weight excluding hydrogens is 317 g/mol. The van der Waals surface area contributed by atoms with Crippen LogP contribution in [0.2, 0.25) is 0 Å². The van der Waals surface area contributed by atoms with Crippen LogP contribution in [-0.2, 0) is 0 Å². The highest BCUT2D eigenvalue weighted by Gasteiger charge is 2.22. The Hall–Kier alpha value is -1.76. The van der Waals surface area contributed by atoms with E-state index in [-0.39, 0.29) is 11.6 Å². The van der Waals surface area contributed by atoms with Gasteiger partial charge in [0.1, 0.15) is 5.82 Å². The third-order valence-corrected chi connectivity index (χ3v) is 3.25. The van der Waals surface area contributed by atoms with Crippen LogP contribution in [0.5, 0.6) is 0 Å². The molecule has 0 saturated carbocycles. The minimum absolute atomic E-state index is 0.104. The maximum atomic E-state index is 13.5. The predicted octanol–water partition coefficient (Wildman–Crippen LogP) is 2.99. The average Bonchev–Trinajstić information content (AvgIpc) is 2.77. The first kappa shape index (κ1) is 13.7. The van der Waals surface area contributed by atoms with Crippen molar-refractivity contribution in [2.24, 2.45) is 0 Å². The fourth-order valence-corrected chi connectivity index (χ4v) is 2.01. The second-order valence-electron chi connectivity index (χ2n) is 4.29. The van der Waals surface area contributed by atoms with E-state index < -0.39 is 11.8 Å². The van der Waals surface area contributed by atoms with Gasteiger partial charge in [-0.1, -0.05) is 19.1 Å². The first-order chi connectivity index (χ1) is 8.91. The quantitative estimate of drug-likeness (QED) is 0.940. The van der Waals surface area contributed by atoms with Gasteiger partial charge in [-0.3, -0.25) is 0 Å². The van der Waals surface area contributed by atoms with E-state index >= 15 is 0 Å². The summed E-state index contributed by atoms with van der Waals surface area (Å²) in [5.41, 5.74) is 0.761. The van der Waals surface area contributed by atoms with Crippen LogP contribution in [0.15, 0.2) is 22.7 Å². The van der Waals surface area contributed by atoms with Gasteiger partial charge in [-0.15, -0.1) is 5.10 Å². The van der Waals surface area contributed by atoms with Gasteiger partial charge >= 0.3 is 5.97 Å². The number of nitrogens with zero attached hydrogens (tertiary/aromatic N) is 3. The molecule has 0 saturated heterocycles. The number of benzene rings is 1. The number of carboxylic acid groups (broad SMARTS) is 1. The summed E-state index contributed by atoms with van der Waals surface area (Å²) < 4.78 is 15.2. The van der Waals surface area contributed by atoms with Gasteiger partial charge in [0.2, 0.25) is 0 Å². The minimum atomic E-state index is -1.15. The van der Waals surface area contributed by atoms with E-state index in [1.807, 2.05) is 13.8 Å². The fraction of sp³-hybridized carbons (Fsp3) is 0.250. The Kier molecular flexibility index (Phi) is 3.66. The molecule has 0 atom stereocenters. The number of aromatic carboxylic acids is 1. The van der Waals surface area contributed by atoms with E-state index in [9.17, 15) is 9.18 Å². The molecule has 2 rings (SSSR count). The highest BCUT2D eigenvalue weighted by Crippen LogP contribution is 2.24. The lowest BCUT2D eigenvalue weighted by atomic mass is 10.1. The van der Waals surface area contributed by atoms with Gasteiger partial charge in [0.25, 0.3) is 0 Å². The summed E-state index contributed by atoms with van der Waals surface area (Å²) >= 11 is 3.06. The zero-order valence-electron chi connectivity index (χ0n) is 10.3. The van der Waals surface area contributed by atoms with Crippen molar-refractivity contribution in [2.45, 2.75) is 19.8 Å². The van der Waals surface area contributed by atoms with Crippen LogP contribution < -0.4 is 0 Å². The van der Waals surface area contributed by atoms with E-state index in [1.165, 1.54) is 16.8 Å². The Bertz CT molecular complexity index is 640. The van der Waals surface area contributed by atoms with Crippen molar-refractivity contribution < 1.29 is 14.3 Å². The molecule has 1 heterocycles. The number of halogens is 2. The van der Waals surface area contributed by atoms with Gasteiger partial charge < -0.3 is 5.11 Å². The minimum Gasteiger partial charge on any atom is -0.476 e. The summed E-state index contributed by atoms with van der Waals surface area (Å²) in [5, 5.41) is 16.5. The van der Waals surface area contributed by atoms with Crippen LogP contribution in [0.4, 0.5) is 4.39 Å². The van der Waals surface area contributed by atoms with Gasteiger partial charge in [-0.2, -0.15) is 0 Å². The smallest absolute Gasteiger partial charge is 0.358 e. The highest BCUT2D eigenvalue weighted by molar-refractivity contribution is 9.10. The lowest BCUT2D eigenvalue weighted by Gasteiger charge is -2.10. The van der Waals surface area contributed by atoms with Crippen molar-refractivity contribution in [2.75, 3.05) is 0 Å². The summed E-state index contributed by atoms with van der Waals surface area (Å²) in [5.74, 6) is -1.69. The fourth-order valence-electron chi connectivity index (χ4n) is 1.77. The molecule has 0 fully saturated rings. The van der Waals surface area contributed by atoms with Crippen molar-refractivity contribution >= 4 is 21.9 Å². The number of hydrogen-bond donors (Lipinski definition) is 1. The molecule has 1 N–H and O–H groups in total. The van der Waals surface area contributed by atoms with Crippen LogP contribution >= 0.6 is 15.9 Å². The van der Waals surface area contributed by atoms with Crippen LogP contribution in [0, 0.1) is 5.82 Å². The summed E-state index contributed by atoms with van der Waals surface area (Å²) in [6.07, 6.45) is 0. The molecule has 2 aromatic rings. The normalized spacial score (nSPS) is 11.0. The van der Waals surface area contributed by atoms with Gasteiger partial charge in [0, 0.05) is 6.07 Å². The van der Waals surface area contributed by atoms with Crippen molar-refractivity contribution in [1.82, 2.24) is 15.0 Å². The Morgan fingerprint density at radius 3 is 2.68 bits per heavy atom. The molecule has 0 unspecified atom stereocenters. The molecule has 0 spiro atoms. The van der Waals surface area contributed by atoms with Gasteiger partial charge in [-0.05, 0) is 34.0 Å². The third-order valence-electron chi connectivity index (χ3n) is 2.60. The molecule has 0 aliphatic heterocycles. The summed E-state index contributed by atoms with van der Waals surface area (Å²) in [4.78, 5) is 11.1. The number of rotatable bonds is 3. The van der Waals surface area contributed by atoms with Crippen LogP contribution in [-0.4, -0.2) is 26.1 Å². The topological polar surface area (TPSA) is 68.0 Å². The Balaban J connectivity index is 2.62. The van der Waals surface area contributed by atoms with Gasteiger partial charge in [0.05, 0.1) is 15.9 Å². The second-order valence-corrected chi connectivity index (χ2v) is 5.15. The van der Waals surface area contributed by atoms with Crippen LogP contribution in [0.1, 0.15) is 35.9 Å². The molecule has 1 aromatic heterocycles. The first-order valence-electron chi connectivity index (χ1n) is 5.56. The maximum absolute atomic E-state index is 13.5. The van der Waals surface area contributed by atoms with Gasteiger partial charge in [0.15, 0.2) is 5.69 Å². The maximum Gasteiger partial charge on any atom is 0.358 e. The molecule has 0 radical (unpaired) electrons. The van der Waals surface area contributed by atoms with Crippen LogP contribution in [0.25, 0.3) is 5.69 Å². The van der Waals surface area contributed by atoms with Crippen LogP contribution in [0.3, 0.4) is 0 Å². The number of hydrogen-bond acceptors (Lipinski definition) is 3. The Morgan fingerprint density at radius 1 is 1.47 bits per heavy atom. The number of carbonyl (C=O) groups is 1. The summed E-state index contributed by atoms with van der Waals surface area (Å²) in [6.45, 7) is 3.66. The largest absolute Gasteiger partial charge is 0.476 e. The second kappa shape index (κ2) is 5.08. The predicted molar refractivity (Wildman–Crippen MR) is 70.1 cm³/mol. The van der Waals surface area contributed by atoms with E-state index in [0.29, 0.717) is 15.9 Å². The first-order valence-corrected chi connectivity index (χ1v) is 6.35. The lowest BCUT2D eigenvalue weighted by molar-refractivity contribution is 0.0688. The van der Waals surface area contributed by atoms with Crippen molar-refractivity contribution in [3.05, 3.63) is 39.9 Å². The molecule has 0 bridgehead atoms. The molecule has 0 aliphatic carbocycles. The van der Waals surface area contributed by atoms with Crippen molar-refractivity contribution in [3.63, 3.8) is 0 Å². The average molecular weight is 328 g/mol. The zero-order chi connectivity index (χ0) is 14.2. The van der Waals surface area contributed by atoms with Gasteiger partial charge in [-0.25, -0.2) is 13.9 Å². The molecule has 0 aliphatic rings. The molecule has 1 aromatic carbocycles. The lowest BCUT2D eigenvalue weighted by Crippen LogP contribution is -2.08. The summed E-state index contributed by atoms with van der Waals surface area (Å²) in [7, 11) is 0. The zero-order valence-corrected chi connectivity index (χ0v) is 11.8. The molecule has 100 valence electrons. The number of carboxylic acids is 1. The molecule has 19 heavy (non-hydrogen) atoms. The Morgan fingerprint density at radius 2 is 2.16 bits per heavy atom. The summed E-state index contributed by atoms with van der Waals surface area (Å²) in [6, 6.07) is 4.45. The molecule has 5 nitrogen and oxygen atoms in total. The Labute approximate surface area is 117 Å². The molecular formula is C12H11BrFN3O2. The molecule has 0 amide bonds. The van der Waals surface area contributed by atoms with E-state index in [1.54, 1.807) is 6.07 Å². The highest BCUT2D eigenvalue weighted by atomic mass is 79.9. The van der Waals surface area contributed by atoms with Crippen molar-refractivity contribution in [1.29, 1.82) is 0 Å².